The summed E-state index contributed by atoms with van der Waals surface area (Å²) in [6, 6.07) is 5.79. The minimum absolute atomic E-state index is 0.0105. The number of carbonyl (C=O) groups excluding carboxylic acids is 3. The third kappa shape index (κ3) is 6.78. The first kappa shape index (κ1) is 27.8. The van der Waals surface area contributed by atoms with Crippen LogP contribution >= 0.6 is 0 Å². The number of rotatable bonds is 4. The Morgan fingerprint density at radius 1 is 1.08 bits per heavy atom. The second-order valence-corrected chi connectivity index (χ2v) is 10.9. The smallest absolute Gasteiger partial charge is 0.272 e. The van der Waals surface area contributed by atoms with Gasteiger partial charge in [0.1, 0.15) is 0 Å². The zero-order valence-electron chi connectivity index (χ0n) is 23.2. The molecule has 10 nitrogen and oxygen atoms in total. The lowest BCUT2D eigenvalue weighted by Gasteiger charge is -2.34. The van der Waals surface area contributed by atoms with Gasteiger partial charge in [-0.3, -0.25) is 28.9 Å². The number of hydrogen-bond donors (Lipinski definition) is 1. The molecule has 1 aliphatic carbocycles. The van der Waals surface area contributed by atoms with E-state index < -0.39 is 0 Å². The third-order valence-electron chi connectivity index (χ3n) is 7.54. The van der Waals surface area contributed by atoms with Gasteiger partial charge in [-0.1, -0.05) is 19.9 Å². The molecule has 1 atom stereocenters. The van der Waals surface area contributed by atoms with Gasteiger partial charge in [-0.25, -0.2) is 0 Å². The van der Waals surface area contributed by atoms with E-state index in [1.54, 1.807) is 20.7 Å². The van der Waals surface area contributed by atoms with Gasteiger partial charge in [-0.15, -0.1) is 0 Å². The van der Waals surface area contributed by atoms with Crippen LogP contribution in [0.5, 0.6) is 0 Å². The number of likely N-dealkylation sites (N-methyl/N-ethyl adjacent to an activating group) is 1. The van der Waals surface area contributed by atoms with Crippen LogP contribution in [0.1, 0.15) is 60.5 Å². The Kier molecular flexibility index (Phi) is 9.14. The number of fused-ring (bicyclic) bond motifs is 1. The highest BCUT2D eigenvalue weighted by Gasteiger charge is 2.32. The van der Waals surface area contributed by atoms with E-state index in [0.29, 0.717) is 57.7 Å². The molecule has 1 N–H and O–H groups in total. The third-order valence-corrected chi connectivity index (χ3v) is 7.54. The van der Waals surface area contributed by atoms with E-state index in [1.807, 2.05) is 32.3 Å². The zero-order chi connectivity index (χ0) is 27.2. The van der Waals surface area contributed by atoms with Crippen molar-refractivity contribution < 1.29 is 14.4 Å². The Labute approximate surface area is 225 Å². The molecule has 3 amide bonds. The summed E-state index contributed by atoms with van der Waals surface area (Å²) in [7, 11) is 3.69. The molecular weight excluding hydrogens is 482 g/mol. The average molecular weight is 524 g/mol. The highest BCUT2D eigenvalue weighted by atomic mass is 16.2. The van der Waals surface area contributed by atoms with Gasteiger partial charge >= 0.3 is 0 Å². The quantitative estimate of drug-likeness (QED) is 0.654. The molecule has 2 aliphatic rings. The van der Waals surface area contributed by atoms with E-state index in [0.717, 1.165) is 29.8 Å². The summed E-state index contributed by atoms with van der Waals surface area (Å²) in [5, 5.41) is 7.61. The maximum Gasteiger partial charge on any atom is 0.272 e. The Morgan fingerprint density at radius 3 is 2.63 bits per heavy atom. The maximum atomic E-state index is 13.3. The van der Waals surface area contributed by atoms with Crippen molar-refractivity contribution in [2.45, 2.75) is 58.5 Å². The molecular formula is C28H41N7O3. The van der Waals surface area contributed by atoms with Crippen LogP contribution in [-0.2, 0) is 36.0 Å². The van der Waals surface area contributed by atoms with Gasteiger partial charge in [0.05, 0.1) is 12.2 Å². The van der Waals surface area contributed by atoms with E-state index in [-0.39, 0.29) is 36.2 Å². The second kappa shape index (κ2) is 12.5. The zero-order valence-corrected chi connectivity index (χ0v) is 23.2. The topological polar surface area (TPSA) is 104 Å². The van der Waals surface area contributed by atoms with E-state index in [4.69, 9.17) is 0 Å². The fourth-order valence-electron chi connectivity index (χ4n) is 5.47. The van der Waals surface area contributed by atoms with E-state index in [2.05, 4.69) is 34.1 Å². The summed E-state index contributed by atoms with van der Waals surface area (Å²) in [6.07, 6.45) is 4.94. The number of aromatic nitrogens is 3. The van der Waals surface area contributed by atoms with Crippen LogP contribution in [0.25, 0.3) is 0 Å². The summed E-state index contributed by atoms with van der Waals surface area (Å²) in [5.74, 6) is 0.0238. The van der Waals surface area contributed by atoms with Gasteiger partial charge < -0.3 is 15.1 Å². The van der Waals surface area contributed by atoms with Gasteiger partial charge in [0.2, 0.25) is 11.8 Å². The standard InChI is InChI=1S/C28H41N7O3/c1-20(2)17-35-19-26(37)32(3)22-10-11-24-23(16-22)27(31-33(24)4)28(38)30-13-15-34(14-7-9-25(35)36)18-21-8-5-6-12-29-21/h5-6,8,12,20,22H,7,9-11,13-19H2,1-4H3,(H,30,38). The molecule has 2 aromatic heterocycles. The molecule has 0 radical (unpaired) electrons. The molecule has 0 saturated heterocycles. The van der Waals surface area contributed by atoms with Gasteiger partial charge in [0.15, 0.2) is 5.69 Å². The molecule has 206 valence electrons. The second-order valence-electron chi connectivity index (χ2n) is 10.9. The molecule has 0 fully saturated rings. The molecule has 0 spiro atoms. The number of aryl methyl sites for hydroxylation is 1. The average Bonchev–Trinajstić information content (AvgIpc) is 3.23. The van der Waals surface area contributed by atoms with Crippen LogP contribution in [-0.4, -0.2) is 93.0 Å². The maximum absolute atomic E-state index is 13.3. The Hall–Kier alpha value is -3.27. The number of nitrogens with zero attached hydrogens (tertiary/aromatic N) is 6. The number of nitrogens with one attached hydrogen (secondary N) is 1. The predicted octanol–water partition coefficient (Wildman–Crippen LogP) is 1.64. The minimum atomic E-state index is -0.183. The highest BCUT2D eigenvalue weighted by molar-refractivity contribution is 5.94. The number of hydrogen-bond acceptors (Lipinski definition) is 6. The lowest BCUT2D eigenvalue weighted by atomic mass is 9.90. The van der Waals surface area contributed by atoms with E-state index >= 15 is 0 Å². The van der Waals surface area contributed by atoms with Crippen LogP contribution in [0.4, 0.5) is 0 Å². The van der Waals surface area contributed by atoms with Crippen molar-refractivity contribution in [2.75, 3.05) is 39.8 Å². The summed E-state index contributed by atoms with van der Waals surface area (Å²) in [4.78, 5) is 49.9. The van der Waals surface area contributed by atoms with Crippen molar-refractivity contribution >= 4 is 17.7 Å². The van der Waals surface area contributed by atoms with E-state index in [9.17, 15) is 14.4 Å². The summed E-state index contributed by atoms with van der Waals surface area (Å²) < 4.78 is 1.80. The molecule has 38 heavy (non-hydrogen) atoms. The van der Waals surface area contributed by atoms with Gasteiger partial charge in [-0.2, -0.15) is 5.10 Å². The fourth-order valence-corrected chi connectivity index (χ4v) is 5.47. The molecule has 1 aliphatic heterocycles. The monoisotopic (exact) mass is 523 g/mol. The molecule has 10 heteroatoms. The first-order valence-electron chi connectivity index (χ1n) is 13.7. The van der Waals surface area contributed by atoms with Crippen LogP contribution in [0.3, 0.4) is 0 Å². The van der Waals surface area contributed by atoms with Crippen LogP contribution in [0, 0.1) is 5.92 Å². The normalized spacial score (nSPS) is 20.6. The summed E-state index contributed by atoms with van der Waals surface area (Å²) in [6.45, 7) is 7.17. The Bertz CT molecular complexity index is 1130. The molecule has 4 rings (SSSR count). The predicted molar refractivity (Wildman–Crippen MR) is 144 cm³/mol. The Morgan fingerprint density at radius 2 is 1.89 bits per heavy atom. The fraction of sp³-hybridized carbons (Fsp3) is 0.607. The van der Waals surface area contributed by atoms with Crippen molar-refractivity contribution in [3.8, 4) is 0 Å². The number of pyridine rings is 1. The lowest BCUT2D eigenvalue weighted by molar-refractivity contribution is -0.141. The molecule has 2 aromatic rings. The van der Waals surface area contributed by atoms with Gasteiger partial charge in [-0.05, 0) is 50.3 Å². The van der Waals surface area contributed by atoms with Crippen molar-refractivity contribution in [3.63, 3.8) is 0 Å². The van der Waals surface area contributed by atoms with Gasteiger partial charge in [0, 0.05) is 70.2 Å². The molecule has 1 unspecified atom stereocenters. The first-order chi connectivity index (χ1) is 18.2. The molecule has 0 aromatic carbocycles. The minimum Gasteiger partial charge on any atom is -0.349 e. The van der Waals surface area contributed by atoms with Crippen LogP contribution < -0.4 is 5.32 Å². The van der Waals surface area contributed by atoms with Crippen molar-refractivity contribution in [1.29, 1.82) is 0 Å². The van der Waals surface area contributed by atoms with Crippen molar-refractivity contribution in [3.05, 3.63) is 47.0 Å². The molecule has 0 saturated carbocycles. The number of carbonyl (C=O) groups is 3. The first-order valence-corrected chi connectivity index (χ1v) is 13.7. The molecule has 3 heterocycles. The van der Waals surface area contributed by atoms with Gasteiger partial charge in [0.25, 0.3) is 5.91 Å². The lowest BCUT2D eigenvalue weighted by Crippen LogP contribution is -2.47. The van der Waals surface area contributed by atoms with Crippen LogP contribution in [0.15, 0.2) is 24.4 Å². The largest absolute Gasteiger partial charge is 0.349 e. The Balaban J connectivity index is 1.58. The number of amides is 3. The van der Waals surface area contributed by atoms with Crippen molar-refractivity contribution in [1.82, 2.24) is 34.8 Å². The summed E-state index contributed by atoms with van der Waals surface area (Å²) in [5.41, 5.74) is 3.37. The van der Waals surface area contributed by atoms with Crippen LogP contribution in [0.2, 0.25) is 0 Å². The summed E-state index contributed by atoms with van der Waals surface area (Å²) >= 11 is 0. The highest BCUT2D eigenvalue weighted by Crippen LogP contribution is 2.27. The SMILES string of the molecule is CC(C)CN1CC(=O)N(C)C2CCc3c(c(nn3C)C(=O)NCCN(Cc3ccccn3)CCCC1=O)C2. The van der Waals surface area contributed by atoms with E-state index in [1.165, 1.54) is 0 Å². The molecule has 2 bridgehead atoms. The van der Waals surface area contributed by atoms with Crippen molar-refractivity contribution in [2.24, 2.45) is 13.0 Å².